The van der Waals surface area contributed by atoms with Gasteiger partial charge in [0.05, 0.1) is 6.04 Å². The number of rotatable bonds is 2. The van der Waals surface area contributed by atoms with Gasteiger partial charge < -0.3 is 4.90 Å². The number of amides is 1. The van der Waals surface area contributed by atoms with Crippen LogP contribution in [0.2, 0.25) is 0 Å². The Morgan fingerprint density at radius 3 is 2.43 bits per heavy atom. The summed E-state index contributed by atoms with van der Waals surface area (Å²) in [4.78, 5) is 15.3. The normalized spacial score (nSPS) is 43.1. The summed E-state index contributed by atoms with van der Waals surface area (Å²) in [6.45, 7) is 0.976. The second-order valence-corrected chi connectivity index (χ2v) is 7.61. The molecule has 1 heterocycles. The summed E-state index contributed by atoms with van der Waals surface area (Å²) >= 11 is 0. The highest BCUT2D eigenvalue weighted by molar-refractivity contribution is 5.83. The lowest BCUT2D eigenvalue weighted by Crippen LogP contribution is -2.33. The number of hydrogen-bond donors (Lipinski definition) is 0. The molecule has 1 aliphatic heterocycles. The van der Waals surface area contributed by atoms with E-state index in [1.54, 1.807) is 0 Å². The molecule has 0 spiro atoms. The Labute approximate surface area is 126 Å². The van der Waals surface area contributed by atoms with Gasteiger partial charge in [0.15, 0.2) is 0 Å². The SMILES string of the molecule is O=C(C1C2C1[C@H]1CC[C@@H]2C1)N1CCCC1c1ccccc1. The first-order valence-electron chi connectivity index (χ1n) is 8.70. The van der Waals surface area contributed by atoms with Gasteiger partial charge >= 0.3 is 0 Å². The first-order valence-corrected chi connectivity index (χ1v) is 8.70. The van der Waals surface area contributed by atoms with Crippen LogP contribution in [0.3, 0.4) is 0 Å². The van der Waals surface area contributed by atoms with Crippen molar-refractivity contribution < 1.29 is 4.79 Å². The van der Waals surface area contributed by atoms with Crippen LogP contribution in [0.25, 0.3) is 0 Å². The second-order valence-electron chi connectivity index (χ2n) is 7.61. The highest BCUT2D eigenvalue weighted by Gasteiger charge is 2.68. The summed E-state index contributed by atoms with van der Waals surface area (Å²) in [5.41, 5.74) is 1.33. The fourth-order valence-corrected chi connectivity index (χ4v) is 5.90. The van der Waals surface area contributed by atoms with E-state index in [4.69, 9.17) is 0 Å². The average molecular weight is 281 g/mol. The van der Waals surface area contributed by atoms with Gasteiger partial charge in [0, 0.05) is 12.5 Å². The minimum absolute atomic E-state index is 0.345. The summed E-state index contributed by atoms with van der Waals surface area (Å²) in [7, 11) is 0. The van der Waals surface area contributed by atoms with Crippen molar-refractivity contribution in [3.05, 3.63) is 35.9 Å². The van der Waals surface area contributed by atoms with Crippen molar-refractivity contribution in [1.82, 2.24) is 4.90 Å². The summed E-state index contributed by atoms with van der Waals surface area (Å²) in [6.07, 6.45) is 6.54. The number of hydrogen-bond acceptors (Lipinski definition) is 1. The highest BCUT2D eigenvalue weighted by Crippen LogP contribution is 2.70. The third-order valence-corrected chi connectivity index (χ3v) is 6.74. The van der Waals surface area contributed by atoms with E-state index < -0.39 is 0 Å². The van der Waals surface area contributed by atoms with E-state index in [9.17, 15) is 4.79 Å². The molecule has 4 unspecified atom stereocenters. The molecule has 0 N–H and O–H groups in total. The summed E-state index contributed by atoms with van der Waals surface area (Å²) in [6, 6.07) is 11.0. The van der Waals surface area contributed by atoms with Gasteiger partial charge in [-0.1, -0.05) is 30.3 Å². The van der Waals surface area contributed by atoms with Crippen molar-refractivity contribution in [2.24, 2.45) is 29.6 Å². The smallest absolute Gasteiger partial charge is 0.226 e. The molecule has 3 aliphatic carbocycles. The van der Waals surface area contributed by atoms with E-state index in [0.29, 0.717) is 17.9 Å². The zero-order valence-corrected chi connectivity index (χ0v) is 12.4. The van der Waals surface area contributed by atoms with Crippen LogP contribution in [0.1, 0.15) is 43.7 Å². The van der Waals surface area contributed by atoms with Crippen molar-refractivity contribution in [2.75, 3.05) is 6.54 Å². The van der Waals surface area contributed by atoms with E-state index >= 15 is 0 Å². The lowest BCUT2D eigenvalue weighted by Gasteiger charge is -2.26. The van der Waals surface area contributed by atoms with E-state index in [2.05, 4.69) is 35.2 Å². The van der Waals surface area contributed by atoms with Crippen molar-refractivity contribution in [2.45, 2.75) is 38.1 Å². The zero-order valence-electron chi connectivity index (χ0n) is 12.4. The second kappa shape index (κ2) is 4.34. The Balaban J connectivity index is 1.37. The van der Waals surface area contributed by atoms with Crippen LogP contribution in [0.4, 0.5) is 0 Å². The molecule has 2 nitrogen and oxygen atoms in total. The minimum atomic E-state index is 0.345. The predicted molar refractivity (Wildman–Crippen MR) is 81.4 cm³/mol. The Hall–Kier alpha value is -1.31. The van der Waals surface area contributed by atoms with Gasteiger partial charge in [-0.05, 0) is 61.3 Å². The van der Waals surface area contributed by atoms with E-state index in [-0.39, 0.29) is 0 Å². The average Bonchev–Trinajstić information content (AvgIpc) is 2.92. The molecular formula is C19H23NO. The fraction of sp³-hybridized carbons (Fsp3) is 0.632. The molecule has 4 aliphatic rings. The molecule has 1 saturated heterocycles. The number of nitrogens with zero attached hydrogens (tertiary/aromatic N) is 1. The van der Waals surface area contributed by atoms with Gasteiger partial charge in [-0.2, -0.15) is 0 Å². The molecule has 1 amide bonds. The maximum atomic E-state index is 13.0. The van der Waals surface area contributed by atoms with E-state index in [1.807, 2.05) is 0 Å². The minimum Gasteiger partial charge on any atom is -0.335 e. The summed E-state index contributed by atoms with van der Waals surface area (Å²) < 4.78 is 0. The molecule has 1 aromatic rings. The Morgan fingerprint density at radius 1 is 1.00 bits per heavy atom. The summed E-state index contributed by atoms with van der Waals surface area (Å²) in [5.74, 6) is 4.23. The molecule has 21 heavy (non-hydrogen) atoms. The summed E-state index contributed by atoms with van der Waals surface area (Å²) in [5, 5.41) is 0. The highest BCUT2D eigenvalue weighted by atomic mass is 16.2. The van der Waals surface area contributed by atoms with Crippen molar-refractivity contribution in [3.63, 3.8) is 0 Å². The maximum Gasteiger partial charge on any atom is 0.226 e. The van der Waals surface area contributed by atoms with Crippen molar-refractivity contribution >= 4 is 5.91 Å². The molecular weight excluding hydrogens is 258 g/mol. The first kappa shape index (κ1) is 12.3. The number of fused-ring (bicyclic) bond motifs is 5. The van der Waals surface area contributed by atoms with Crippen LogP contribution < -0.4 is 0 Å². The Morgan fingerprint density at radius 2 is 1.71 bits per heavy atom. The van der Waals surface area contributed by atoms with Crippen LogP contribution >= 0.6 is 0 Å². The van der Waals surface area contributed by atoms with Gasteiger partial charge in [0.25, 0.3) is 0 Å². The maximum absolute atomic E-state index is 13.0. The predicted octanol–water partition coefficient (Wildman–Crippen LogP) is 3.64. The molecule has 5 rings (SSSR count). The molecule has 0 aromatic heterocycles. The van der Waals surface area contributed by atoms with Gasteiger partial charge in [-0.3, -0.25) is 4.79 Å². The van der Waals surface area contributed by atoms with Crippen LogP contribution in [0.5, 0.6) is 0 Å². The van der Waals surface area contributed by atoms with Gasteiger partial charge in [-0.15, -0.1) is 0 Å². The Kier molecular flexibility index (Phi) is 2.54. The van der Waals surface area contributed by atoms with Gasteiger partial charge in [0.2, 0.25) is 5.91 Å². The largest absolute Gasteiger partial charge is 0.335 e. The van der Waals surface area contributed by atoms with Gasteiger partial charge in [-0.25, -0.2) is 0 Å². The zero-order chi connectivity index (χ0) is 14.0. The first-order chi connectivity index (χ1) is 10.3. The number of benzene rings is 1. The van der Waals surface area contributed by atoms with Crippen LogP contribution in [0, 0.1) is 29.6 Å². The lowest BCUT2D eigenvalue weighted by atomic mass is 10.00. The molecule has 0 radical (unpaired) electrons. The van der Waals surface area contributed by atoms with Crippen LogP contribution in [-0.2, 0) is 4.79 Å². The number of likely N-dealkylation sites (tertiary alicyclic amines) is 1. The number of carbonyl (C=O) groups is 1. The third-order valence-electron chi connectivity index (χ3n) is 6.74. The lowest BCUT2D eigenvalue weighted by molar-refractivity contribution is -0.134. The molecule has 4 fully saturated rings. The molecule has 2 bridgehead atoms. The molecule has 2 heteroatoms. The van der Waals surface area contributed by atoms with E-state index in [0.717, 1.165) is 36.6 Å². The van der Waals surface area contributed by atoms with Crippen LogP contribution in [0.15, 0.2) is 30.3 Å². The monoisotopic (exact) mass is 281 g/mol. The quantitative estimate of drug-likeness (QED) is 0.810. The number of carbonyl (C=O) groups excluding carboxylic acids is 1. The Bertz CT molecular complexity index is 552. The molecule has 3 saturated carbocycles. The third kappa shape index (κ3) is 1.68. The van der Waals surface area contributed by atoms with Crippen molar-refractivity contribution in [3.8, 4) is 0 Å². The van der Waals surface area contributed by atoms with Crippen molar-refractivity contribution in [1.29, 1.82) is 0 Å². The molecule has 6 atom stereocenters. The topological polar surface area (TPSA) is 20.3 Å². The fourth-order valence-electron chi connectivity index (χ4n) is 5.90. The van der Waals surface area contributed by atoms with Crippen LogP contribution in [-0.4, -0.2) is 17.4 Å². The molecule has 1 aromatic carbocycles. The van der Waals surface area contributed by atoms with E-state index in [1.165, 1.54) is 31.2 Å². The molecule has 110 valence electrons. The standard InChI is InChI=1S/C19H23NO/c21-19(18-16-13-8-9-14(11-13)17(16)18)20-10-4-7-15(20)12-5-2-1-3-6-12/h1-3,5-6,13-18H,4,7-11H2/t13-,14+,15?,16?,17?,18?. The van der Waals surface area contributed by atoms with Gasteiger partial charge in [0.1, 0.15) is 0 Å².